The maximum atomic E-state index is 12.8. The molecule has 0 aromatic heterocycles. The van der Waals surface area contributed by atoms with E-state index >= 15 is 0 Å². The van der Waals surface area contributed by atoms with Gasteiger partial charge in [0.1, 0.15) is 0 Å². The number of hydrogen-bond donors (Lipinski definition) is 1. The lowest BCUT2D eigenvalue weighted by atomic mass is 9.97. The monoisotopic (exact) mass is 268 g/mol. The molecule has 0 spiro atoms. The first kappa shape index (κ1) is 14.8. The van der Waals surface area contributed by atoms with Crippen molar-refractivity contribution in [1.82, 2.24) is 10.2 Å². The number of ether oxygens (including phenoxy) is 1. The van der Waals surface area contributed by atoms with E-state index in [9.17, 15) is 4.79 Å². The summed E-state index contributed by atoms with van der Waals surface area (Å²) in [7, 11) is 0. The van der Waals surface area contributed by atoms with Gasteiger partial charge in [-0.1, -0.05) is 6.92 Å². The van der Waals surface area contributed by atoms with E-state index in [1.165, 1.54) is 12.8 Å². The SMILES string of the molecule is CCC1OCCC1C(=O)N(CC1CCCN1)C(C)C. The van der Waals surface area contributed by atoms with E-state index in [-0.39, 0.29) is 18.1 Å². The fourth-order valence-corrected chi connectivity index (χ4v) is 3.25. The lowest BCUT2D eigenvalue weighted by Gasteiger charge is -2.32. The van der Waals surface area contributed by atoms with Crippen molar-refractivity contribution in [2.45, 2.75) is 64.6 Å². The van der Waals surface area contributed by atoms with E-state index in [1.54, 1.807) is 0 Å². The van der Waals surface area contributed by atoms with Gasteiger partial charge in [0, 0.05) is 25.2 Å². The smallest absolute Gasteiger partial charge is 0.228 e. The van der Waals surface area contributed by atoms with Crippen LogP contribution >= 0.6 is 0 Å². The standard InChI is InChI=1S/C15H28N2O2/c1-4-14-13(7-9-19-14)15(18)17(11(2)3)10-12-6-5-8-16-12/h11-14,16H,4-10H2,1-3H3. The van der Waals surface area contributed by atoms with Crippen LogP contribution in [-0.2, 0) is 9.53 Å². The lowest BCUT2D eigenvalue weighted by molar-refractivity contribution is -0.139. The molecule has 2 saturated heterocycles. The molecule has 0 aromatic carbocycles. The second-order valence-corrected chi connectivity index (χ2v) is 6.09. The summed E-state index contributed by atoms with van der Waals surface area (Å²) in [5.74, 6) is 0.377. The van der Waals surface area contributed by atoms with E-state index in [0.29, 0.717) is 11.9 Å². The maximum absolute atomic E-state index is 12.8. The molecule has 4 heteroatoms. The molecule has 19 heavy (non-hydrogen) atoms. The predicted octanol–water partition coefficient (Wildman–Crippen LogP) is 1.79. The highest BCUT2D eigenvalue weighted by molar-refractivity contribution is 5.80. The number of carbonyl (C=O) groups is 1. The Bertz CT molecular complexity index is 301. The number of amides is 1. The first-order valence-electron chi connectivity index (χ1n) is 7.79. The topological polar surface area (TPSA) is 41.6 Å². The summed E-state index contributed by atoms with van der Waals surface area (Å²) < 4.78 is 5.67. The molecule has 2 rings (SSSR count). The average Bonchev–Trinajstić information content (AvgIpc) is 3.05. The van der Waals surface area contributed by atoms with Gasteiger partial charge in [0.2, 0.25) is 5.91 Å². The molecule has 0 radical (unpaired) electrons. The highest BCUT2D eigenvalue weighted by Crippen LogP contribution is 2.26. The zero-order valence-corrected chi connectivity index (χ0v) is 12.5. The van der Waals surface area contributed by atoms with Crippen LogP contribution in [0.25, 0.3) is 0 Å². The van der Waals surface area contributed by atoms with Crippen LogP contribution in [0.5, 0.6) is 0 Å². The molecule has 2 heterocycles. The number of rotatable bonds is 5. The largest absolute Gasteiger partial charge is 0.377 e. The molecule has 3 atom stereocenters. The normalized spacial score (nSPS) is 31.1. The molecule has 0 aliphatic carbocycles. The number of nitrogens with zero attached hydrogens (tertiary/aromatic N) is 1. The zero-order chi connectivity index (χ0) is 13.8. The zero-order valence-electron chi connectivity index (χ0n) is 12.5. The molecule has 2 aliphatic rings. The first-order valence-corrected chi connectivity index (χ1v) is 7.79. The van der Waals surface area contributed by atoms with Gasteiger partial charge in [-0.25, -0.2) is 0 Å². The summed E-state index contributed by atoms with van der Waals surface area (Å²) >= 11 is 0. The van der Waals surface area contributed by atoms with E-state index < -0.39 is 0 Å². The van der Waals surface area contributed by atoms with Crippen molar-refractivity contribution in [2.75, 3.05) is 19.7 Å². The summed E-state index contributed by atoms with van der Waals surface area (Å²) in [6, 6.07) is 0.752. The second kappa shape index (κ2) is 6.71. The summed E-state index contributed by atoms with van der Waals surface area (Å²) in [5.41, 5.74) is 0. The molecule has 0 aromatic rings. The molecular formula is C15H28N2O2. The lowest BCUT2D eigenvalue weighted by Crippen LogP contribution is -2.48. The van der Waals surface area contributed by atoms with E-state index in [4.69, 9.17) is 4.74 Å². The van der Waals surface area contributed by atoms with Crippen molar-refractivity contribution in [2.24, 2.45) is 5.92 Å². The van der Waals surface area contributed by atoms with Gasteiger partial charge in [-0.2, -0.15) is 0 Å². The minimum Gasteiger partial charge on any atom is -0.377 e. The molecule has 110 valence electrons. The van der Waals surface area contributed by atoms with Crippen molar-refractivity contribution in [3.63, 3.8) is 0 Å². The van der Waals surface area contributed by atoms with Gasteiger partial charge >= 0.3 is 0 Å². The van der Waals surface area contributed by atoms with Crippen LogP contribution < -0.4 is 5.32 Å². The number of hydrogen-bond acceptors (Lipinski definition) is 3. The van der Waals surface area contributed by atoms with Crippen LogP contribution in [0.4, 0.5) is 0 Å². The Hall–Kier alpha value is -0.610. The second-order valence-electron chi connectivity index (χ2n) is 6.09. The van der Waals surface area contributed by atoms with Crippen molar-refractivity contribution >= 4 is 5.91 Å². The Morgan fingerprint density at radius 3 is 2.79 bits per heavy atom. The molecule has 0 bridgehead atoms. The molecule has 3 unspecified atom stereocenters. The Balaban J connectivity index is 1.99. The van der Waals surface area contributed by atoms with Gasteiger partial charge in [0.25, 0.3) is 0 Å². The Morgan fingerprint density at radius 1 is 1.42 bits per heavy atom. The first-order chi connectivity index (χ1) is 9.13. The quantitative estimate of drug-likeness (QED) is 0.826. The van der Waals surface area contributed by atoms with Gasteiger partial charge in [-0.3, -0.25) is 4.79 Å². The Morgan fingerprint density at radius 2 is 2.21 bits per heavy atom. The van der Waals surface area contributed by atoms with Gasteiger partial charge in [0.05, 0.1) is 12.0 Å². The Labute approximate surface area is 116 Å². The van der Waals surface area contributed by atoms with Crippen LogP contribution in [0.1, 0.15) is 46.5 Å². The predicted molar refractivity (Wildman–Crippen MR) is 76.0 cm³/mol. The molecule has 0 saturated carbocycles. The van der Waals surface area contributed by atoms with Crippen molar-refractivity contribution in [1.29, 1.82) is 0 Å². The van der Waals surface area contributed by atoms with Crippen molar-refractivity contribution in [3.05, 3.63) is 0 Å². The van der Waals surface area contributed by atoms with Crippen LogP contribution in [0.15, 0.2) is 0 Å². The van der Waals surface area contributed by atoms with Gasteiger partial charge < -0.3 is 15.0 Å². The summed E-state index contributed by atoms with van der Waals surface area (Å²) in [4.78, 5) is 14.8. The van der Waals surface area contributed by atoms with Crippen molar-refractivity contribution in [3.8, 4) is 0 Å². The fourth-order valence-electron chi connectivity index (χ4n) is 3.25. The molecule has 1 N–H and O–H groups in total. The Kier molecular flexibility index (Phi) is 5.22. The van der Waals surface area contributed by atoms with Gasteiger partial charge in [-0.15, -0.1) is 0 Å². The van der Waals surface area contributed by atoms with Crippen LogP contribution in [0, 0.1) is 5.92 Å². The summed E-state index contributed by atoms with van der Waals surface area (Å²) in [5, 5.41) is 3.49. The number of nitrogens with one attached hydrogen (secondary N) is 1. The van der Waals surface area contributed by atoms with Crippen LogP contribution in [-0.4, -0.2) is 48.7 Å². The summed E-state index contributed by atoms with van der Waals surface area (Å²) in [6.07, 6.45) is 4.37. The van der Waals surface area contributed by atoms with Crippen LogP contribution in [0.3, 0.4) is 0 Å². The minimum atomic E-state index is 0.0776. The van der Waals surface area contributed by atoms with E-state index in [1.807, 2.05) is 0 Å². The third-order valence-corrected chi connectivity index (χ3v) is 4.42. The summed E-state index contributed by atoms with van der Waals surface area (Å²) in [6.45, 7) is 9.02. The van der Waals surface area contributed by atoms with Crippen molar-refractivity contribution < 1.29 is 9.53 Å². The minimum absolute atomic E-state index is 0.0776. The maximum Gasteiger partial charge on any atom is 0.228 e. The molecule has 2 fully saturated rings. The van der Waals surface area contributed by atoms with E-state index in [0.717, 1.165) is 32.5 Å². The molecule has 4 nitrogen and oxygen atoms in total. The third kappa shape index (κ3) is 3.48. The van der Waals surface area contributed by atoms with E-state index in [2.05, 4.69) is 31.0 Å². The fraction of sp³-hybridized carbons (Fsp3) is 0.933. The molecule has 2 aliphatic heterocycles. The third-order valence-electron chi connectivity index (χ3n) is 4.42. The molecule has 1 amide bonds. The highest BCUT2D eigenvalue weighted by Gasteiger charge is 2.37. The average molecular weight is 268 g/mol. The van der Waals surface area contributed by atoms with Gasteiger partial charge in [0.15, 0.2) is 0 Å². The van der Waals surface area contributed by atoms with Gasteiger partial charge in [-0.05, 0) is 46.1 Å². The van der Waals surface area contributed by atoms with Crippen LogP contribution in [0.2, 0.25) is 0 Å². The highest BCUT2D eigenvalue weighted by atomic mass is 16.5. The number of carbonyl (C=O) groups excluding carboxylic acids is 1. The molecular weight excluding hydrogens is 240 g/mol.